The molecule has 0 spiro atoms. The van der Waals surface area contributed by atoms with Crippen LogP contribution in [-0.2, 0) is 11.2 Å². The van der Waals surface area contributed by atoms with Crippen molar-refractivity contribution >= 4 is 17.5 Å². The van der Waals surface area contributed by atoms with Crippen molar-refractivity contribution in [2.75, 3.05) is 7.11 Å². The summed E-state index contributed by atoms with van der Waals surface area (Å²) in [6, 6.07) is 5.77. The Kier molecular flexibility index (Phi) is 5.92. The summed E-state index contributed by atoms with van der Waals surface area (Å²) in [6.45, 7) is 2.24. The van der Waals surface area contributed by atoms with Gasteiger partial charge in [0.2, 0.25) is 5.91 Å². The first-order valence-corrected chi connectivity index (χ1v) is 8.12. The summed E-state index contributed by atoms with van der Waals surface area (Å²) < 4.78 is 5.28. The van der Waals surface area contributed by atoms with Crippen LogP contribution in [-0.4, -0.2) is 19.1 Å². The van der Waals surface area contributed by atoms with Crippen molar-refractivity contribution in [2.45, 2.75) is 51.5 Å². The molecule has 0 heterocycles. The average molecular weight is 310 g/mol. The first-order chi connectivity index (χ1) is 10.1. The van der Waals surface area contributed by atoms with Crippen molar-refractivity contribution < 1.29 is 9.53 Å². The Morgan fingerprint density at radius 3 is 2.67 bits per heavy atom. The van der Waals surface area contributed by atoms with E-state index in [1.54, 1.807) is 13.2 Å². The van der Waals surface area contributed by atoms with Crippen LogP contribution in [0.1, 0.15) is 44.6 Å². The van der Waals surface area contributed by atoms with Crippen LogP contribution in [0.15, 0.2) is 18.2 Å². The van der Waals surface area contributed by atoms with Crippen LogP contribution in [0.5, 0.6) is 5.75 Å². The van der Waals surface area contributed by atoms with Gasteiger partial charge in [-0.3, -0.25) is 4.79 Å². The molecule has 0 aromatic heterocycles. The van der Waals surface area contributed by atoms with Gasteiger partial charge in [-0.2, -0.15) is 0 Å². The van der Waals surface area contributed by atoms with Crippen LogP contribution in [0.3, 0.4) is 0 Å². The number of ether oxygens (including phenoxy) is 1. The molecule has 0 atom stereocenters. The molecule has 1 N–H and O–H groups in total. The van der Waals surface area contributed by atoms with E-state index < -0.39 is 0 Å². The number of rotatable bonds is 5. The third-order valence-corrected chi connectivity index (χ3v) is 4.78. The van der Waals surface area contributed by atoms with Gasteiger partial charge >= 0.3 is 0 Å². The van der Waals surface area contributed by atoms with E-state index in [1.807, 2.05) is 12.1 Å². The standard InChI is InChI=1S/C17H24ClNO2/c1-3-12-7-9-13(10-8-12)19-17(20)11-14-15(18)5-4-6-16(14)21-2/h4-6,12-13H,3,7-11H2,1-2H3,(H,19,20). The minimum atomic E-state index is 0.0290. The molecule has 4 heteroatoms. The maximum Gasteiger partial charge on any atom is 0.224 e. The van der Waals surface area contributed by atoms with E-state index in [9.17, 15) is 4.79 Å². The highest BCUT2D eigenvalue weighted by atomic mass is 35.5. The smallest absolute Gasteiger partial charge is 0.224 e. The first kappa shape index (κ1) is 16.2. The normalized spacial score (nSPS) is 21.9. The van der Waals surface area contributed by atoms with Gasteiger partial charge in [-0.05, 0) is 43.7 Å². The number of carbonyl (C=O) groups is 1. The van der Waals surface area contributed by atoms with Crippen molar-refractivity contribution in [3.05, 3.63) is 28.8 Å². The van der Waals surface area contributed by atoms with Crippen LogP contribution in [0.25, 0.3) is 0 Å². The van der Waals surface area contributed by atoms with Crippen LogP contribution < -0.4 is 10.1 Å². The molecule has 0 aliphatic heterocycles. The van der Waals surface area contributed by atoms with Gasteiger partial charge in [0.25, 0.3) is 0 Å². The molecule has 1 amide bonds. The van der Waals surface area contributed by atoms with Gasteiger partial charge in [0, 0.05) is 16.6 Å². The Morgan fingerprint density at radius 1 is 1.33 bits per heavy atom. The Hall–Kier alpha value is -1.22. The number of nitrogens with one attached hydrogen (secondary N) is 1. The maximum atomic E-state index is 12.2. The SMILES string of the molecule is CCC1CCC(NC(=O)Cc2c(Cl)cccc2OC)CC1. The third-order valence-electron chi connectivity index (χ3n) is 4.42. The molecule has 1 aromatic carbocycles. The van der Waals surface area contributed by atoms with Crippen molar-refractivity contribution in [3.8, 4) is 5.75 Å². The predicted octanol–water partition coefficient (Wildman–Crippen LogP) is 3.98. The molecule has 0 saturated heterocycles. The number of methoxy groups -OCH3 is 1. The lowest BCUT2D eigenvalue weighted by Crippen LogP contribution is -2.38. The molecule has 1 aliphatic rings. The summed E-state index contributed by atoms with van der Waals surface area (Å²) in [4.78, 5) is 12.2. The molecular weight excluding hydrogens is 286 g/mol. The number of carbonyl (C=O) groups excluding carboxylic acids is 1. The van der Waals surface area contributed by atoms with Crippen LogP contribution in [0, 0.1) is 5.92 Å². The zero-order valence-electron chi connectivity index (χ0n) is 12.8. The van der Waals surface area contributed by atoms with Crippen molar-refractivity contribution in [1.82, 2.24) is 5.32 Å². The maximum absolute atomic E-state index is 12.2. The van der Waals surface area contributed by atoms with Gasteiger partial charge in [0.1, 0.15) is 5.75 Å². The van der Waals surface area contributed by atoms with E-state index in [0.717, 1.165) is 24.3 Å². The quantitative estimate of drug-likeness (QED) is 0.893. The second-order valence-electron chi connectivity index (χ2n) is 5.79. The van der Waals surface area contributed by atoms with Gasteiger partial charge in [0.05, 0.1) is 13.5 Å². The van der Waals surface area contributed by atoms with Gasteiger partial charge in [-0.1, -0.05) is 31.0 Å². The number of halogens is 1. The van der Waals surface area contributed by atoms with Gasteiger partial charge < -0.3 is 10.1 Å². The van der Waals surface area contributed by atoms with Crippen LogP contribution >= 0.6 is 11.6 Å². The zero-order chi connectivity index (χ0) is 15.2. The van der Waals surface area contributed by atoms with E-state index in [0.29, 0.717) is 16.8 Å². The number of benzene rings is 1. The molecular formula is C17H24ClNO2. The molecule has 3 nitrogen and oxygen atoms in total. The van der Waals surface area contributed by atoms with Crippen molar-refractivity contribution in [2.24, 2.45) is 5.92 Å². The molecule has 0 unspecified atom stereocenters. The topological polar surface area (TPSA) is 38.3 Å². The highest BCUT2D eigenvalue weighted by Crippen LogP contribution is 2.28. The molecule has 1 saturated carbocycles. The third kappa shape index (κ3) is 4.37. The van der Waals surface area contributed by atoms with Gasteiger partial charge in [0.15, 0.2) is 0 Å². The minimum Gasteiger partial charge on any atom is -0.496 e. The van der Waals surface area contributed by atoms with E-state index in [-0.39, 0.29) is 12.3 Å². The van der Waals surface area contributed by atoms with Gasteiger partial charge in [-0.15, -0.1) is 0 Å². The second-order valence-corrected chi connectivity index (χ2v) is 6.20. The Bertz CT molecular complexity index is 482. The number of hydrogen-bond acceptors (Lipinski definition) is 2. The average Bonchev–Trinajstić information content (AvgIpc) is 2.50. The van der Waals surface area contributed by atoms with Crippen LogP contribution in [0.4, 0.5) is 0 Å². The molecule has 1 fully saturated rings. The monoisotopic (exact) mass is 309 g/mol. The highest BCUT2D eigenvalue weighted by Gasteiger charge is 2.22. The molecule has 1 aromatic rings. The molecule has 1 aliphatic carbocycles. The zero-order valence-corrected chi connectivity index (χ0v) is 13.6. The lowest BCUT2D eigenvalue weighted by atomic mass is 9.84. The summed E-state index contributed by atoms with van der Waals surface area (Å²) in [5.41, 5.74) is 0.765. The summed E-state index contributed by atoms with van der Waals surface area (Å²) >= 11 is 6.17. The molecule has 116 valence electrons. The van der Waals surface area contributed by atoms with E-state index in [2.05, 4.69) is 12.2 Å². The van der Waals surface area contributed by atoms with Gasteiger partial charge in [-0.25, -0.2) is 0 Å². The van der Waals surface area contributed by atoms with Crippen molar-refractivity contribution in [3.63, 3.8) is 0 Å². The lowest BCUT2D eigenvalue weighted by molar-refractivity contribution is -0.121. The number of amides is 1. The number of hydrogen-bond donors (Lipinski definition) is 1. The van der Waals surface area contributed by atoms with Crippen molar-refractivity contribution in [1.29, 1.82) is 0 Å². The molecule has 0 bridgehead atoms. The van der Waals surface area contributed by atoms with E-state index in [4.69, 9.17) is 16.3 Å². The molecule has 21 heavy (non-hydrogen) atoms. The van der Waals surface area contributed by atoms with Crippen LogP contribution in [0.2, 0.25) is 5.02 Å². The first-order valence-electron chi connectivity index (χ1n) is 7.74. The predicted molar refractivity (Wildman–Crippen MR) is 85.9 cm³/mol. The Balaban J connectivity index is 1.91. The highest BCUT2D eigenvalue weighted by molar-refractivity contribution is 6.31. The summed E-state index contributed by atoms with van der Waals surface area (Å²) in [5, 5.41) is 3.72. The minimum absolute atomic E-state index is 0.0290. The fourth-order valence-corrected chi connectivity index (χ4v) is 3.29. The van der Waals surface area contributed by atoms with E-state index >= 15 is 0 Å². The largest absolute Gasteiger partial charge is 0.496 e. The Morgan fingerprint density at radius 2 is 2.05 bits per heavy atom. The Labute approximate surface area is 132 Å². The van der Waals surface area contributed by atoms with E-state index in [1.165, 1.54) is 19.3 Å². The summed E-state index contributed by atoms with van der Waals surface area (Å²) in [7, 11) is 1.60. The fraction of sp³-hybridized carbons (Fsp3) is 0.588. The lowest BCUT2D eigenvalue weighted by Gasteiger charge is -2.28. The fourth-order valence-electron chi connectivity index (χ4n) is 3.06. The summed E-state index contributed by atoms with van der Waals surface area (Å²) in [5.74, 6) is 1.54. The molecule has 0 radical (unpaired) electrons. The second kappa shape index (κ2) is 7.69. The molecule has 2 rings (SSSR count). The summed E-state index contributed by atoms with van der Waals surface area (Å²) in [6.07, 6.45) is 6.13.